The monoisotopic (exact) mass is 281 g/mol. The standard InChI is InChI=1S/C14H13ClFNO2/c1-8-3-12-9(4-11(8)15)10(5-19-12)13(18)17-6-14(2,16)7-17/h3-5H,6-7H2,1-2H3. The Labute approximate surface area is 114 Å². The number of carbonyl (C=O) groups is 1. The number of amides is 1. The Morgan fingerprint density at radius 2 is 2.16 bits per heavy atom. The molecule has 0 aliphatic carbocycles. The average Bonchev–Trinajstić information content (AvgIpc) is 2.68. The van der Waals surface area contributed by atoms with Gasteiger partial charge in [-0.1, -0.05) is 11.6 Å². The fraction of sp³-hybridized carbons (Fsp3) is 0.357. The van der Waals surface area contributed by atoms with Crippen LogP contribution in [0.1, 0.15) is 22.8 Å². The van der Waals surface area contributed by atoms with Crippen LogP contribution in [0.5, 0.6) is 0 Å². The van der Waals surface area contributed by atoms with Gasteiger partial charge in [-0.3, -0.25) is 4.79 Å². The van der Waals surface area contributed by atoms with Crippen molar-refractivity contribution in [3.8, 4) is 0 Å². The number of carbonyl (C=O) groups excluding carboxylic acids is 1. The van der Waals surface area contributed by atoms with Crippen LogP contribution >= 0.6 is 11.6 Å². The summed E-state index contributed by atoms with van der Waals surface area (Å²) in [6, 6.07) is 3.52. The van der Waals surface area contributed by atoms with E-state index in [4.69, 9.17) is 16.0 Å². The lowest BCUT2D eigenvalue weighted by Gasteiger charge is -2.41. The Morgan fingerprint density at radius 3 is 2.79 bits per heavy atom. The predicted molar refractivity (Wildman–Crippen MR) is 71.4 cm³/mol. The van der Waals surface area contributed by atoms with Crippen molar-refractivity contribution < 1.29 is 13.6 Å². The highest BCUT2D eigenvalue weighted by Crippen LogP contribution is 2.31. The highest BCUT2D eigenvalue weighted by Gasteiger charge is 2.42. The van der Waals surface area contributed by atoms with Crippen molar-refractivity contribution in [2.45, 2.75) is 19.5 Å². The van der Waals surface area contributed by atoms with Gasteiger partial charge in [0, 0.05) is 10.4 Å². The molecule has 5 heteroatoms. The van der Waals surface area contributed by atoms with Crippen molar-refractivity contribution in [3.05, 3.63) is 34.5 Å². The number of benzene rings is 1. The summed E-state index contributed by atoms with van der Waals surface area (Å²) in [4.78, 5) is 13.7. The fourth-order valence-electron chi connectivity index (χ4n) is 2.38. The Morgan fingerprint density at radius 1 is 1.47 bits per heavy atom. The van der Waals surface area contributed by atoms with Gasteiger partial charge >= 0.3 is 0 Å². The summed E-state index contributed by atoms with van der Waals surface area (Å²) in [6.45, 7) is 3.61. The summed E-state index contributed by atoms with van der Waals surface area (Å²) >= 11 is 6.07. The number of halogens is 2. The zero-order chi connectivity index (χ0) is 13.8. The van der Waals surface area contributed by atoms with E-state index in [1.54, 1.807) is 12.1 Å². The van der Waals surface area contributed by atoms with Gasteiger partial charge in [0.2, 0.25) is 0 Å². The third kappa shape index (κ3) is 2.00. The smallest absolute Gasteiger partial charge is 0.257 e. The van der Waals surface area contributed by atoms with E-state index in [0.29, 0.717) is 21.6 Å². The van der Waals surface area contributed by atoms with Crippen LogP contribution in [0.25, 0.3) is 11.0 Å². The van der Waals surface area contributed by atoms with Crippen LogP contribution in [0, 0.1) is 6.92 Å². The first-order valence-corrected chi connectivity index (χ1v) is 6.41. The molecule has 19 heavy (non-hydrogen) atoms. The molecule has 2 aromatic rings. The zero-order valence-corrected chi connectivity index (χ0v) is 11.4. The summed E-state index contributed by atoms with van der Waals surface area (Å²) in [7, 11) is 0. The summed E-state index contributed by atoms with van der Waals surface area (Å²) in [5.74, 6) is -0.214. The molecule has 1 fully saturated rings. The van der Waals surface area contributed by atoms with Gasteiger partial charge in [-0.2, -0.15) is 0 Å². The number of hydrogen-bond acceptors (Lipinski definition) is 2. The van der Waals surface area contributed by atoms with Crippen molar-refractivity contribution in [1.29, 1.82) is 0 Å². The number of hydrogen-bond donors (Lipinski definition) is 0. The van der Waals surface area contributed by atoms with E-state index in [1.165, 1.54) is 18.1 Å². The molecule has 1 aromatic carbocycles. The molecule has 0 radical (unpaired) electrons. The molecule has 1 amide bonds. The SMILES string of the molecule is Cc1cc2occ(C(=O)N3CC(C)(F)C3)c2cc1Cl. The van der Waals surface area contributed by atoms with E-state index < -0.39 is 5.67 Å². The van der Waals surface area contributed by atoms with Crippen LogP contribution in [0.4, 0.5) is 4.39 Å². The maximum absolute atomic E-state index is 13.4. The van der Waals surface area contributed by atoms with E-state index in [1.807, 2.05) is 6.92 Å². The Bertz CT molecular complexity index is 669. The lowest BCUT2D eigenvalue weighted by molar-refractivity contribution is -0.00779. The van der Waals surface area contributed by atoms with E-state index in [0.717, 1.165) is 5.56 Å². The highest BCUT2D eigenvalue weighted by atomic mass is 35.5. The number of fused-ring (bicyclic) bond motifs is 1. The molecule has 3 nitrogen and oxygen atoms in total. The van der Waals surface area contributed by atoms with Gasteiger partial charge in [-0.15, -0.1) is 0 Å². The number of nitrogens with zero attached hydrogens (tertiary/aromatic N) is 1. The number of aryl methyl sites for hydroxylation is 1. The molecule has 3 rings (SSSR count). The molecule has 1 aromatic heterocycles. The van der Waals surface area contributed by atoms with Gasteiger partial charge in [0.15, 0.2) is 0 Å². The van der Waals surface area contributed by atoms with Crippen molar-refractivity contribution in [3.63, 3.8) is 0 Å². The molecule has 1 saturated heterocycles. The molecule has 0 unspecified atom stereocenters. The minimum absolute atomic E-state index is 0.123. The molecule has 0 spiro atoms. The second-order valence-electron chi connectivity index (χ2n) is 5.32. The van der Waals surface area contributed by atoms with Crippen molar-refractivity contribution >= 4 is 28.5 Å². The Kier molecular flexibility index (Phi) is 2.61. The lowest BCUT2D eigenvalue weighted by Crippen LogP contribution is -2.59. The van der Waals surface area contributed by atoms with E-state index in [-0.39, 0.29) is 19.0 Å². The first-order chi connectivity index (χ1) is 8.87. The van der Waals surface area contributed by atoms with Gasteiger partial charge in [-0.25, -0.2) is 4.39 Å². The second-order valence-corrected chi connectivity index (χ2v) is 5.73. The largest absolute Gasteiger partial charge is 0.463 e. The lowest BCUT2D eigenvalue weighted by atomic mass is 9.97. The molecule has 1 aliphatic heterocycles. The quantitative estimate of drug-likeness (QED) is 0.800. The van der Waals surface area contributed by atoms with Crippen molar-refractivity contribution in [2.75, 3.05) is 13.1 Å². The number of rotatable bonds is 1. The molecule has 0 bridgehead atoms. The maximum Gasteiger partial charge on any atom is 0.257 e. The van der Waals surface area contributed by atoms with Gasteiger partial charge in [0.25, 0.3) is 5.91 Å². The van der Waals surface area contributed by atoms with Gasteiger partial charge in [0.1, 0.15) is 17.5 Å². The van der Waals surface area contributed by atoms with Crippen LogP contribution in [0.3, 0.4) is 0 Å². The van der Waals surface area contributed by atoms with Crippen LogP contribution in [-0.4, -0.2) is 29.6 Å². The third-order valence-electron chi connectivity index (χ3n) is 3.41. The first kappa shape index (κ1) is 12.5. The van der Waals surface area contributed by atoms with E-state index in [2.05, 4.69) is 0 Å². The molecule has 100 valence electrons. The summed E-state index contributed by atoms with van der Waals surface area (Å²) < 4.78 is 18.8. The number of likely N-dealkylation sites (tertiary alicyclic amines) is 1. The molecule has 2 heterocycles. The van der Waals surface area contributed by atoms with Gasteiger partial charge in [-0.05, 0) is 31.5 Å². The normalized spacial score (nSPS) is 17.6. The van der Waals surface area contributed by atoms with Crippen molar-refractivity contribution in [1.82, 2.24) is 4.90 Å². The zero-order valence-electron chi connectivity index (χ0n) is 10.7. The second kappa shape index (κ2) is 3.97. The van der Waals surface area contributed by atoms with Crippen LogP contribution < -0.4 is 0 Å². The van der Waals surface area contributed by atoms with Crippen molar-refractivity contribution in [2.24, 2.45) is 0 Å². The Balaban J connectivity index is 1.97. The fourth-order valence-corrected chi connectivity index (χ4v) is 2.54. The minimum atomic E-state index is -1.27. The number of furan rings is 1. The average molecular weight is 282 g/mol. The Hall–Kier alpha value is -1.55. The van der Waals surface area contributed by atoms with Gasteiger partial charge in [0.05, 0.1) is 18.7 Å². The number of alkyl halides is 1. The molecule has 0 saturated carbocycles. The van der Waals surface area contributed by atoms with E-state index in [9.17, 15) is 9.18 Å². The molecular weight excluding hydrogens is 269 g/mol. The molecule has 1 aliphatic rings. The molecular formula is C14H13ClFNO2. The van der Waals surface area contributed by atoms with Crippen LogP contribution in [-0.2, 0) is 0 Å². The molecule has 0 N–H and O–H groups in total. The first-order valence-electron chi connectivity index (χ1n) is 6.03. The summed E-state index contributed by atoms with van der Waals surface area (Å²) in [5, 5.41) is 1.26. The minimum Gasteiger partial charge on any atom is -0.463 e. The summed E-state index contributed by atoms with van der Waals surface area (Å²) in [5.41, 5.74) is 0.674. The van der Waals surface area contributed by atoms with E-state index >= 15 is 0 Å². The summed E-state index contributed by atoms with van der Waals surface area (Å²) in [6.07, 6.45) is 1.41. The topological polar surface area (TPSA) is 33.5 Å². The predicted octanol–water partition coefficient (Wildman–Crippen LogP) is 3.58. The van der Waals surface area contributed by atoms with Gasteiger partial charge < -0.3 is 9.32 Å². The molecule has 0 atom stereocenters. The highest BCUT2D eigenvalue weighted by molar-refractivity contribution is 6.32. The van der Waals surface area contributed by atoms with Crippen LogP contribution in [0.15, 0.2) is 22.8 Å². The third-order valence-corrected chi connectivity index (χ3v) is 3.82. The van der Waals surface area contributed by atoms with Crippen LogP contribution in [0.2, 0.25) is 5.02 Å². The maximum atomic E-state index is 13.4.